The van der Waals surface area contributed by atoms with Crippen LogP contribution in [0.3, 0.4) is 0 Å². The van der Waals surface area contributed by atoms with Gasteiger partial charge in [-0.25, -0.2) is 4.79 Å². The van der Waals surface area contributed by atoms with Crippen LogP contribution >= 0.6 is 0 Å². The molecule has 6 heteroatoms. The van der Waals surface area contributed by atoms with Gasteiger partial charge in [0.2, 0.25) is 0 Å². The minimum atomic E-state index is -0.987. The van der Waals surface area contributed by atoms with Crippen molar-refractivity contribution in [3.8, 4) is 0 Å². The average Bonchev–Trinajstić information content (AvgIpc) is 2.72. The number of aliphatic hydroxyl groups is 2. The van der Waals surface area contributed by atoms with Gasteiger partial charge in [-0.2, -0.15) is 0 Å². The van der Waals surface area contributed by atoms with Gasteiger partial charge in [0.05, 0.1) is 6.10 Å². The maximum Gasteiger partial charge on any atom is 0.407 e. The van der Waals surface area contributed by atoms with E-state index in [2.05, 4.69) is 10.6 Å². The van der Waals surface area contributed by atoms with Gasteiger partial charge in [0.15, 0.2) is 0 Å². The summed E-state index contributed by atoms with van der Waals surface area (Å²) in [5, 5.41) is 26.5. The number of carbonyl (C=O) groups is 1. The molecule has 2 aromatic carbocycles. The van der Waals surface area contributed by atoms with Crippen LogP contribution in [0.15, 0.2) is 48.5 Å². The fourth-order valence-corrected chi connectivity index (χ4v) is 3.16. The van der Waals surface area contributed by atoms with Crippen LogP contribution in [0, 0.1) is 0 Å². The van der Waals surface area contributed by atoms with Crippen LogP contribution in [0.2, 0.25) is 0 Å². The van der Waals surface area contributed by atoms with Gasteiger partial charge in [0.1, 0.15) is 12.7 Å². The molecule has 27 heavy (non-hydrogen) atoms. The average molecular weight is 370 g/mol. The van der Waals surface area contributed by atoms with E-state index in [1.807, 2.05) is 48.5 Å². The minimum absolute atomic E-state index is 0.195. The topological polar surface area (TPSA) is 90.8 Å². The van der Waals surface area contributed by atoms with Gasteiger partial charge in [-0.3, -0.25) is 0 Å². The van der Waals surface area contributed by atoms with Crippen molar-refractivity contribution in [2.75, 3.05) is 13.1 Å². The first kappa shape index (κ1) is 19.4. The molecule has 1 amide bonds. The molecule has 0 saturated heterocycles. The van der Waals surface area contributed by atoms with E-state index >= 15 is 0 Å². The highest BCUT2D eigenvalue weighted by molar-refractivity contribution is 5.67. The number of benzene rings is 2. The van der Waals surface area contributed by atoms with Crippen molar-refractivity contribution in [2.45, 2.75) is 38.2 Å². The van der Waals surface area contributed by atoms with Crippen molar-refractivity contribution < 1.29 is 19.7 Å². The van der Waals surface area contributed by atoms with E-state index in [9.17, 15) is 15.0 Å². The second-order valence-electron chi connectivity index (χ2n) is 6.74. The van der Waals surface area contributed by atoms with E-state index in [0.29, 0.717) is 5.56 Å². The number of ether oxygens (including phenoxy) is 1. The lowest BCUT2D eigenvalue weighted by Crippen LogP contribution is -2.30. The first-order valence-electron chi connectivity index (χ1n) is 9.26. The molecule has 0 radical (unpaired) electrons. The summed E-state index contributed by atoms with van der Waals surface area (Å²) in [5.74, 6) is 0. The zero-order valence-corrected chi connectivity index (χ0v) is 15.2. The van der Waals surface area contributed by atoms with Gasteiger partial charge in [-0.15, -0.1) is 0 Å². The van der Waals surface area contributed by atoms with Crippen LogP contribution in [-0.4, -0.2) is 35.5 Å². The number of aliphatic hydroxyl groups excluding tert-OH is 2. The van der Waals surface area contributed by atoms with E-state index in [1.165, 1.54) is 5.56 Å². The molecular formula is C21H26N2O4. The lowest BCUT2D eigenvalue weighted by Gasteiger charge is -2.22. The van der Waals surface area contributed by atoms with Gasteiger partial charge in [0, 0.05) is 13.1 Å². The summed E-state index contributed by atoms with van der Waals surface area (Å²) in [6.07, 6.45) is -1.28. The number of amides is 1. The standard InChI is InChI=1S/C21H26N2O4/c24-19(9-11-23-21(26)27-14-15-4-2-1-3-5-15)20(25)17-7-6-16-8-10-22-13-18(16)12-17/h1-7,12,19-20,22,24-25H,8-11,13-14H2,(H,23,26). The molecule has 0 aliphatic carbocycles. The smallest absolute Gasteiger partial charge is 0.407 e. The zero-order chi connectivity index (χ0) is 19.1. The molecule has 1 heterocycles. The number of rotatable bonds is 7. The van der Waals surface area contributed by atoms with E-state index in [4.69, 9.17) is 4.74 Å². The molecule has 0 spiro atoms. The van der Waals surface area contributed by atoms with Crippen molar-refractivity contribution in [3.05, 3.63) is 70.8 Å². The van der Waals surface area contributed by atoms with Crippen molar-refractivity contribution >= 4 is 6.09 Å². The normalized spacial score (nSPS) is 15.5. The second-order valence-corrected chi connectivity index (χ2v) is 6.74. The Balaban J connectivity index is 1.42. The molecule has 2 atom stereocenters. The lowest BCUT2D eigenvalue weighted by molar-refractivity contribution is 0.0136. The predicted octanol–water partition coefficient (Wildman–Crippen LogP) is 2.04. The molecule has 0 bridgehead atoms. The van der Waals surface area contributed by atoms with Crippen molar-refractivity contribution in [3.63, 3.8) is 0 Å². The SMILES string of the molecule is O=C(NCCC(O)C(O)c1ccc2c(c1)CNCC2)OCc1ccccc1. The molecule has 0 aromatic heterocycles. The summed E-state index contributed by atoms with van der Waals surface area (Å²) in [6, 6.07) is 15.2. The predicted molar refractivity (Wildman–Crippen MR) is 102 cm³/mol. The highest BCUT2D eigenvalue weighted by atomic mass is 16.5. The molecule has 3 rings (SSSR count). The van der Waals surface area contributed by atoms with Crippen LogP contribution in [0.1, 0.15) is 34.8 Å². The summed E-state index contributed by atoms with van der Waals surface area (Å²) in [4.78, 5) is 11.7. The lowest BCUT2D eigenvalue weighted by atomic mass is 9.94. The Hall–Kier alpha value is -2.41. The monoisotopic (exact) mass is 370 g/mol. The largest absolute Gasteiger partial charge is 0.445 e. The van der Waals surface area contributed by atoms with Crippen LogP contribution < -0.4 is 10.6 Å². The first-order chi connectivity index (χ1) is 13.1. The Morgan fingerprint density at radius 3 is 2.78 bits per heavy atom. The first-order valence-corrected chi connectivity index (χ1v) is 9.26. The molecule has 2 aromatic rings. The maximum absolute atomic E-state index is 11.7. The zero-order valence-electron chi connectivity index (χ0n) is 15.2. The number of hydrogen-bond donors (Lipinski definition) is 4. The summed E-state index contributed by atoms with van der Waals surface area (Å²) in [7, 11) is 0. The van der Waals surface area contributed by atoms with Gasteiger partial charge in [-0.1, -0.05) is 48.5 Å². The van der Waals surface area contributed by atoms with Crippen LogP contribution in [0.4, 0.5) is 4.79 Å². The number of nitrogens with one attached hydrogen (secondary N) is 2. The highest BCUT2D eigenvalue weighted by Gasteiger charge is 2.20. The van der Waals surface area contributed by atoms with Crippen molar-refractivity contribution in [1.82, 2.24) is 10.6 Å². The van der Waals surface area contributed by atoms with Crippen molar-refractivity contribution in [1.29, 1.82) is 0 Å². The van der Waals surface area contributed by atoms with Gasteiger partial charge < -0.3 is 25.6 Å². The summed E-state index contributed by atoms with van der Waals surface area (Å²) < 4.78 is 5.12. The van der Waals surface area contributed by atoms with E-state index in [-0.39, 0.29) is 19.6 Å². The van der Waals surface area contributed by atoms with Gasteiger partial charge in [0.25, 0.3) is 0 Å². The molecule has 0 fully saturated rings. The Kier molecular flexibility index (Phi) is 6.81. The Morgan fingerprint density at radius 1 is 1.15 bits per heavy atom. The molecule has 6 nitrogen and oxygen atoms in total. The van der Waals surface area contributed by atoms with Crippen LogP contribution in [-0.2, 0) is 24.3 Å². The van der Waals surface area contributed by atoms with Crippen molar-refractivity contribution in [2.24, 2.45) is 0 Å². The minimum Gasteiger partial charge on any atom is -0.445 e. The van der Waals surface area contributed by atoms with Crippen LogP contribution in [0.25, 0.3) is 0 Å². The Morgan fingerprint density at radius 2 is 1.96 bits per heavy atom. The number of carbonyl (C=O) groups excluding carboxylic acids is 1. The fraction of sp³-hybridized carbons (Fsp3) is 0.381. The molecule has 1 aliphatic rings. The fourth-order valence-electron chi connectivity index (χ4n) is 3.16. The summed E-state index contributed by atoms with van der Waals surface area (Å²) in [6.45, 7) is 2.16. The molecule has 0 saturated carbocycles. The van der Waals surface area contributed by atoms with E-state index in [1.54, 1.807) is 0 Å². The van der Waals surface area contributed by atoms with Gasteiger partial charge in [-0.05, 0) is 41.6 Å². The molecule has 1 aliphatic heterocycles. The molecule has 4 N–H and O–H groups in total. The summed E-state index contributed by atoms with van der Waals surface area (Å²) >= 11 is 0. The summed E-state index contributed by atoms with van der Waals surface area (Å²) in [5.41, 5.74) is 4.04. The number of alkyl carbamates (subject to hydrolysis) is 1. The van der Waals surface area contributed by atoms with Crippen LogP contribution in [0.5, 0.6) is 0 Å². The second kappa shape index (κ2) is 9.50. The quantitative estimate of drug-likeness (QED) is 0.599. The van der Waals surface area contributed by atoms with E-state index in [0.717, 1.165) is 30.6 Å². The molecular weight excluding hydrogens is 344 g/mol. The third kappa shape index (κ3) is 5.53. The van der Waals surface area contributed by atoms with Gasteiger partial charge >= 0.3 is 6.09 Å². The molecule has 2 unspecified atom stereocenters. The highest BCUT2D eigenvalue weighted by Crippen LogP contribution is 2.23. The molecule has 144 valence electrons. The third-order valence-corrected chi connectivity index (χ3v) is 4.75. The Labute approximate surface area is 159 Å². The van der Waals surface area contributed by atoms with E-state index < -0.39 is 18.3 Å². The number of fused-ring (bicyclic) bond motifs is 1. The number of hydrogen-bond acceptors (Lipinski definition) is 5. The maximum atomic E-state index is 11.7. The third-order valence-electron chi connectivity index (χ3n) is 4.75. The Bertz CT molecular complexity index is 751.